The van der Waals surface area contributed by atoms with Crippen molar-refractivity contribution in [2.24, 2.45) is 0 Å². The van der Waals surface area contributed by atoms with Gasteiger partial charge in [0.1, 0.15) is 5.82 Å². The Balaban J connectivity index is 2.29. The van der Waals surface area contributed by atoms with Crippen molar-refractivity contribution < 1.29 is 13.5 Å². The summed E-state index contributed by atoms with van der Waals surface area (Å²) in [4.78, 5) is 7.13. The first-order valence-corrected chi connectivity index (χ1v) is 8.66. The van der Waals surface area contributed by atoms with E-state index < -0.39 is 16.1 Å². The van der Waals surface area contributed by atoms with E-state index in [9.17, 15) is 8.42 Å². The Labute approximate surface area is 131 Å². The van der Waals surface area contributed by atoms with Crippen molar-refractivity contribution in [2.75, 3.05) is 0 Å². The van der Waals surface area contributed by atoms with Crippen LogP contribution in [0.25, 0.3) is 0 Å². The molecular weight excluding hydrogens is 358 g/mol. The fraction of sp³-hybridized carbons (Fsp3) is 0.308. The van der Waals surface area contributed by atoms with Crippen LogP contribution in [0.5, 0.6) is 0 Å². The molecule has 0 saturated heterocycles. The minimum Gasteiger partial charge on any atom is -0.392 e. The predicted octanol–water partition coefficient (Wildman–Crippen LogP) is 2.09. The van der Waals surface area contributed by atoms with Gasteiger partial charge in [-0.15, -0.1) is 0 Å². The molecule has 1 heterocycles. The van der Waals surface area contributed by atoms with Gasteiger partial charge in [-0.25, -0.2) is 18.1 Å². The van der Waals surface area contributed by atoms with Gasteiger partial charge < -0.3 is 10.1 Å². The molecule has 1 atom stereocenters. The summed E-state index contributed by atoms with van der Waals surface area (Å²) in [5, 5.41) is 9.07. The van der Waals surface area contributed by atoms with Gasteiger partial charge in [-0.2, -0.15) is 0 Å². The summed E-state index contributed by atoms with van der Waals surface area (Å²) < 4.78 is 28.0. The lowest BCUT2D eigenvalue weighted by Crippen LogP contribution is -2.29. The van der Waals surface area contributed by atoms with E-state index in [-0.39, 0.29) is 11.5 Å². The Morgan fingerprint density at radius 1 is 1.48 bits per heavy atom. The molecule has 0 spiro atoms. The number of rotatable bonds is 6. The SMILES string of the molecule is CCC(NS(=O)(=O)c1ccc(CO)cc1Br)c1ncc[nH]1. The van der Waals surface area contributed by atoms with Crippen molar-refractivity contribution in [1.82, 2.24) is 14.7 Å². The molecule has 0 bridgehead atoms. The van der Waals surface area contributed by atoms with E-state index in [0.717, 1.165) is 0 Å². The predicted molar refractivity (Wildman–Crippen MR) is 82.0 cm³/mol. The lowest BCUT2D eigenvalue weighted by Gasteiger charge is -2.16. The Kier molecular flexibility index (Phi) is 5.15. The van der Waals surface area contributed by atoms with E-state index in [1.807, 2.05) is 6.92 Å². The van der Waals surface area contributed by atoms with Crippen LogP contribution in [0.15, 0.2) is 40.0 Å². The second-order valence-electron chi connectivity index (χ2n) is 4.48. The lowest BCUT2D eigenvalue weighted by molar-refractivity contribution is 0.281. The van der Waals surface area contributed by atoms with E-state index in [0.29, 0.717) is 22.3 Å². The first kappa shape index (κ1) is 16.2. The molecule has 114 valence electrons. The molecule has 0 radical (unpaired) electrons. The van der Waals surface area contributed by atoms with Crippen molar-refractivity contribution in [3.05, 3.63) is 46.5 Å². The molecular formula is C13H16BrN3O3S. The molecule has 6 nitrogen and oxygen atoms in total. The van der Waals surface area contributed by atoms with Crippen molar-refractivity contribution >= 4 is 26.0 Å². The maximum Gasteiger partial charge on any atom is 0.242 e. The van der Waals surface area contributed by atoms with E-state index in [2.05, 4.69) is 30.6 Å². The number of nitrogens with zero attached hydrogens (tertiary/aromatic N) is 1. The Morgan fingerprint density at radius 3 is 2.76 bits per heavy atom. The molecule has 1 aromatic heterocycles. The number of halogens is 1. The molecule has 3 N–H and O–H groups in total. The molecule has 0 aliphatic heterocycles. The Morgan fingerprint density at radius 2 is 2.24 bits per heavy atom. The molecule has 8 heteroatoms. The Hall–Kier alpha value is -1.22. The van der Waals surface area contributed by atoms with E-state index >= 15 is 0 Å². The highest BCUT2D eigenvalue weighted by Gasteiger charge is 2.23. The zero-order valence-corrected chi connectivity index (χ0v) is 13.8. The standard InChI is InChI=1S/C13H16BrN3O3S/c1-2-11(13-15-5-6-16-13)17-21(19,20)12-4-3-9(8-18)7-10(12)14/h3-7,11,17-18H,2,8H2,1H3,(H,15,16). The lowest BCUT2D eigenvalue weighted by atomic mass is 10.2. The number of aliphatic hydroxyl groups excluding tert-OH is 1. The zero-order valence-electron chi connectivity index (χ0n) is 11.4. The fourth-order valence-electron chi connectivity index (χ4n) is 1.91. The van der Waals surface area contributed by atoms with Gasteiger partial charge in [0.05, 0.1) is 17.5 Å². The maximum atomic E-state index is 12.5. The Bertz CT molecular complexity index is 701. The van der Waals surface area contributed by atoms with Crippen molar-refractivity contribution in [3.8, 4) is 0 Å². The first-order valence-electron chi connectivity index (χ1n) is 6.38. The average Bonchev–Trinajstić information content (AvgIpc) is 2.98. The van der Waals surface area contributed by atoms with Crippen LogP contribution >= 0.6 is 15.9 Å². The van der Waals surface area contributed by atoms with Crippen LogP contribution in [0, 0.1) is 0 Å². The van der Waals surface area contributed by atoms with Crippen molar-refractivity contribution in [2.45, 2.75) is 30.9 Å². The fourth-order valence-corrected chi connectivity index (χ4v) is 4.32. The monoisotopic (exact) mass is 373 g/mol. The molecule has 0 aliphatic carbocycles. The number of nitrogens with one attached hydrogen (secondary N) is 2. The molecule has 0 amide bonds. The minimum atomic E-state index is -3.69. The van der Waals surface area contributed by atoms with E-state index in [1.54, 1.807) is 24.5 Å². The first-order chi connectivity index (χ1) is 9.97. The highest BCUT2D eigenvalue weighted by Crippen LogP contribution is 2.25. The smallest absolute Gasteiger partial charge is 0.242 e. The van der Waals surface area contributed by atoms with Crippen molar-refractivity contribution in [1.29, 1.82) is 0 Å². The highest BCUT2D eigenvalue weighted by molar-refractivity contribution is 9.10. The zero-order chi connectivity index (χ0) is 15.5. The third kappa shape index (κ3) is 3.70. The normalized spacial score (nSPS) is 13.3. The van der Waals surface area contributed by atoms with Crippen LogP contribution in [0.3, 0.4) is 0 Å². The van der Waals surface area contributed by atoms with Gasteiger partial charge in [0.25, 0.3) is 0 Å². The number of aliphatic hydroxyl groups is 1. The van der Waals surface area contributed by atoms with E-state index in [1.165, 1.54) is 6.07 Å². The molecule has 2 rings (SSSR count). The number of hydrogen-bond donors (Lipinski definition) is 3. The summed E-state index contributed by atoms with van der Waals surface area (Å²) >= 11 is 3.23. The number of aromatic nitrogens is 2. The van der Waals surface area contributed by atoms with Crippen LogP contribution in [0.4, 0.5) is 0 Å². The molecule has 2 aromatic rings. The largest absolute Gasteiger partial charge is 0.392 e. The summed E-state index contributed by atoms with van der Waals surface area (Å²) in [6.07, 6.45) is 3.80. The van der Waals surface area contributed by atoms with Crippen LogP contribution in [-0.4, -0.2) is 23.5 Å². The molecule has 0 fully saturated rings. The average molecular weight is 374 g/mol. The summed E-state index contributed by atoms with van der Waals surface area (Å²) in [7, 11) is -3.69. The quantitative estimate of drug-likeness (QED) is 0.722. The van der Waals surface area contributed by atoms with Gasteiger partial charge in [-0.3, -0.25) is 0 Å². The number of hydrogen-bond acceptors (Lipinski definition) is 4. The molecule has 0 saturated carbocycles. The van der Waals surface area contributed by atoms with Crippen LogP contribution in [0.1, 0.15) is 30.8 Å². The third-order valence-electron chi connectivity index (χ3n) is 3.02. The van der Waals surface area contributed by atoms with Crippen LogP contribution in [-0.2, 0) is 16.6 Å². The highest BCUT2D eigenvalue weighted by atomic mass is 79.9. The molecule has 21 heavy (non-hydrogen) atoms. The van der Waals surface area contributed by atoms with Gasteiger partial charge in [-0.1, -0.05) is 13.0 Å². The summed E-state index contributed by atoms with van der Waals surface area (Å²) in [6.45, 7) is 1.73. The summed E-state index contributed by atoms with van der Waals surface area (Å²) in [6, 6.07) is 4.21. The number of H-pyrrole nitrogens is 1. The second kappa shape index (κ2) is 6.69. The second-order valence-corrected chi connectivity index (χ2v) is 7.02. The third-order valence-corrected chi connectivity index (χ3v) is 5.47. The van der Waals surface area contributed by atoms with Gasteiger partial charge in [0.15, 0.2) is 0 Å². The molecule has 0 aliphatic rings. The maximum absolute atomic E-state index is 12.5. The molecule has 1 aromatic carbocycles. The van der Waals surface area contributed by atoms with Crippen LogP contribution in [0.2, 0.25) is 0 Å². The summed E-state index contributed by atoms with van der Waals surface area (Å²) in [5.74, 6) is 0.573. The molecule has 1 unspecified atom stereocenters. The minimum absolute atomic E-state index is 0.129. The van der Waals surface area contributed by atoms with Gasteiger partial charge in [-0.05, 0) is 40.0 Å². The van der Waals surface area contributed by atoms with Gasteiger partial charge in [0, 0.05) is 16.9 Å². The van der Waals surface area contributed by atoms with Gasteiger partial charge >= 0.3 is 0 Å². The number of benzene rings is 1. The number of sulfonamides is 1. The van der Waals surface area contributed by atoms with Crippen molar-refractivity contribution in [3.63, 3.8) is 0 Å². The van der Waals surface area contributed by atoms with Gasteiger partial charge in [0.2, 0.25) is 10.0 Å². The topological polar surface area (TPSA) is 95.1 Å². The number of aromatic amines is 1. The number of imidazole rings is 1. The van der Waals surface area contributed by atoms with Crippen LogP contribution < -0.4 is 4.72 Å². The van der Waals surface area contributed by atoms with E-state index in [4.69, 9.17) is 5.11 Å². The summed E-state index contributed by atoms with van der Waals surface area (Å²) in [5.41, 5.74) is 0.638.